The highest BCUT2D eigenvalue weighted by Gasteiger charge is 2.22. The molecule has 0 unspecified atom stereocenters. The maximum Gasteiger partial charge on any atom is 0.338 e. The van der Waals surface area contributed by atoms with Crippen molar-refractivity contribution >= 4 is 45.0 Å². The monoisotopic (exact) mass is 436 g/mol. The standard InChI is InChI=1S/C20H24N2O5S2/c1-5-27-20(24)17-10-7-11-18(14(17)2)21-19(23)13-22(29(4,25)26)15-8-6-9-16(12-15)28-3/h6-12H,5,13H2,1-4H3,(H,21,23). The van der Waals surface area contributed by atoms with Crippen LogP contribution in [0.25, 0.3) is 0 Å². The second kappa shape index (κ2) is 9.80. The summed E-state index contributed by atoms with van der Waals surface area (Å²) < 4.78 is 30.6. The Balaban J connectivity index is 2.25. The van der Waals surface area contributed by atoms with Crippen LogP contribution in [0.1, 0.15) is 22.8 Å². The van der Waals surface area contributed by atoms with E-state index in [2.05, 4.69) is 5.32 Å². The number of carbonyl (C=O) groups excluding carboxylic acids is 2. The molecular weight excluding hydrogens is 412 g/mol. The number of nitrogens with zero attached hydrogens (tertiary/aromatic N) is 1. The van der Waals surface area contributed by atoms with E-state index in [-0.39, 0.29) is 13.2 Å². The van der Waals surface area contributed by atoms with Gasteiger partial charge in [0.25, 0.3) is 0 Å². The molecule has 1 amide bonds. The summed E-state index contributed by atoms with van der Waals surface area (Å²) in [5, 5.41) is 2.69. The Morgan fingerprint density at radius 2 is 1.86 bits per heavy atom. The number of sulfonamides is 1. The van der Waals surface area contributed by atoms with E-state index in [0.717, 1.165) is 15.5 Å². The summed E-state index contributed by atoms with van der Waals surface area (Å²) >= 11 is 1.48. The fourth-order valence-corrected chi connectivity index (χ4v) is 3.99. The first-order chi connectivity index (χ1) is 13.7. The van der Waals surface area contributed by atoms with Crippen molar-refractivity contribution in [2.75, 3.05) is 35.3 Å². The molecule has 0 radical (unpaired) electrons. The molecule has 2 rings (SSSR count). The lowest BCUT2D eigenvalue weighted by Crippen LogP contribution is -2.37. The first kappa shape index (κ1) is 22.8. The quantitative estimate of drug-likeness (QED) is 0.504. The number of esters is 1. The van der Waals surface area contributed by atoms with Gasteiger partial charge in [-0.2, -0.15) is 0 Å². The van der Waals surface area contributed by atoms with Crippen molar-refractivity contribution in [1.82, 2.24) is 0 Å². The van der Waals surface area contributed by atoms with Crippen LogP contribution in [-0.2, 0) is 19.6 Å². The minimum atomic E-state index is -3.68. The first-order valence-corrected chi connectivity index (χ1v) is 11.9. The molecule has 0 aromatic heterocycles. The predicted molar refractivity (Wildman–Crippen MR) is 116 cm³/mol. The normalized spacial score (nSPS) is 11.0. The van der Waals surface area contributed by atoms with Gasteiger partial charge in [0, 0.05) is 10.6 Å². The Morgan fingerprint density at radius 3 is 2.48 bits per heavy atom. The van der Waals surface area contributed by atoms with Crippen LogP contribution in [0.3, 0.4) is 0 Å². The van der Waals surface area contributed by atoms with E-state index < -0.39 is 21.9 Å². The van der Waals surface area contributed by atoms with Crippen LogP contribution < -0.4 is 9.62 Å². The lowest BCUT2D eigenvalue weighted by Gasteiger charge is -2.22. The van der Waals surface area contributed by atoms with E-state index in [4.69, 9.17) is 4.74 Å². The van der Waals surface area contributed by atoms with Crippen LogP contribution in [-0.4, -0.2) is 46.0 Å². The second-order valence-corrected chi connectivity index (χ2v) is 9.00. The molecule has 0 aliphatic carbocycles. The molecule has 156 valence electrons. The second-order valence-electron chi connectivity index (χ2n) is 6.22. The van der Waals surface area contributed by atoms with Gasteiger partial charge >= 0.3 is 5.97 Å². The molecule has 0 aliphatic rings. The van der Waals surface area contributed by atoms with E-state index in [9.17, 15) is 18.0 Å². The third-order valence-electron chi connectivity index (χ3n) is 4.13. The van der Waals surface area contributed by atoms with Gasteiger partial charge in [0.05, 0.1) is 24.1 Å². The van der Waals surface area contributed by atoms with Gasteiger partial charge in [-0.15, -0.1) is 11.8 Å². The van der Waals surface area contributed by atoms with Crippen molar-refractivity contribution in [3.05, 3.63) is 53.6 Å². The van der Waals surface area contributed by atoms with E-state index in [1.165, 1.54) is 11.8 Å². The highest BCUT2D eigenvalue weighted by molar-refractivity contribution is 7.98. The molecule has 7 nitrogen and oxygen atoms in total. The maximum atomic E-state index is 12.6. The van der Waals surface area contributed by atoms with Crippen LogP contribution in [0.2, 0.25) is 0 Å². The molecule has 0 heterocycles. The minimum absolute atomic E-state index is 0.243. The van der Waals surface area contributed by atoms with E-state index in [1.807, 2.05) is 12.3 Å². The molecule has 0 aliphatic heterocycles. The summed E-state index contributed by atoms with van der Waals surface area (Å²) in [7, 11) is -3.68. The summed E-state index contributed by atoms with van der Waals surface area (Å²) in [6, 6.07) is 11.8. The zero-order chi connectivity index (χ0) is 21.6. The molecule has 1 N–H and O–H groups in total. The van der Waals surface area contributed by atoms with Gasteiger partial charge in [0.15, 0.2) is 0 Å². The fourth-order valence-electron chi connectivity index (χ4n) is 2.69. The fraction of sp³-hybridized carbons (Fsp3) is 0.300. The molecule has 9 heteroatoms. The van der Waals surface area contributed by atoms with Crippen LogP contribution >= 0.6 is 11.8 Å². The molecule has 0 bridgehead atoms. The largest absolute Gasteiger partial charge is 0.462 e. The van der Waals surface area contributed by atoms with Gasteiger partial charge in [-0.3, -0.25) is 9.10 Å². The topological polar surface area (TPSA) is 92.8 Å². The van der Waals surface area contributed by atoms with Crippen LogP contribution in [0.4, 0.5) is 11.4 Å². The average Bonchev–Trinajstić information content (AvgIpc) is 2.67. The molecule has 0 saturated carbocycles. The minimum Gasteiger partial charge on any atom is -0.462 e. The average molecular weight is 437 g/mol. The lowest BCUT2D eigenvalue weighted by atomic mass is 10.1. The molecule has 29 heavy (non-hydrogen) atoms. The lowest BCUT2D eigenvalue weighted by molar-refractivity contribution is -0.114. The smallest absolute Gasteiger partial charge is 0.338 e. The Kier molecular flexibility index (Phi) is 7.69. The van der Waals surface area contributed by atoms with Crippen LogP contribution in [0.15, 0.2) is 47.4 Å². The van der Waals surface area contributed by atoms with Gasteiger partial charge < -0.3 is 10.1 Å². The van der Waals surface area contributed by atoms with Gasteiger partial charge in [0.2, 0.25) is 15.9 Å². The van der Waals surface area contributed by atoms with Crippen molar-refractivity contribution in [3.63, 3.8) is 0 Å². The molecule has 0 atom stereocenters. The number of hydrogen-bond donors (Lipinski definition) is 1. The third kappa shape index (κ3) is 5.98. The van der Waals surface area contributed by atoms with Gasteiger partial charge in [-0.25, -0.2) is 13.2 Å². The van der Waals surface area contributed by atoms with Crippen molar-refractivity contribution in [2.45, 2.75) is 18.7 Å². The zero-order valence-corrected chi connectivity index (χ0v) is 18.4. The Labute approximate surface area is 175 Å². The van der Waals surface area contributed by atoms with E-state index in [1.54, 1.807) is 50.2 Å². The molecule has 0 fully saturated rings. The summed E-state index contributed by atoms with van der Waals surface area (Å²) in [5.74, 6) is -0.998. The summed E-state index contributed by atoms with van der Waals surface area (Å²) in [6.07, 6.45) is 2.94. The number of thioether (sulfide) groups is 1. The van der Waals surface area contributed by atoms with Crippen molar-refractivity contribution in [3.8, 4) is 0 Å². The molecule has 2 aromatic rings. The van der Waals surface area contributed by atoms with Gasteiger partial charge in [-0.1, -0.05) is 12.1 Å². The van der Waals surface area contributed by atoms with Crippen molar-refractivity contribution in [1.29, 1.82) is 0 Å². The molecule has 2 aromatic carbocycles. The number of ether oxygens (including phenoxy) is 1. The summed E-state index contributed by atoms with van der Waals surface area (Å²) in [6.45, 7) is 3.26. The van der Waals surface area contributed by atoms with Crippen molar-refractivity contribution in [2.24, 2.45) is 0 Å². The van der Waals surface area contributed by atoms with Crippen LogP contribution in [0.5, 0.6) is 0 Å². The zero-order valence-electron chi connectivity index (χ0n) is 16.8. The Hall–Kier alpha value is -2.52. The molecule has 0 spiro atoms. The number of benzene rings is 2. The van der Waals surface area contributed by atoms with Crippen LogP contribution in [0, 0.1) is 6.92 Å². The third-order valence-corrected chi connectivity index (χ3v) is 6.00. The number of rotatable bonds is 8. The first-order valence-electron chi connectivity index (χ1n) is 8.85. The highest BCUT2D eigenvalue weighted by Crippen LogP contribution is 2.24. The number of carbonyl (C=O) groups is 2. The number of nitrogens with one attached hydrogen (secondary N) is 1. The summed E-state index contributed by atoms with van der Waals surface area (Å²) in [5.41, 5.74) is 1.73. The number of amides is 1. The van der Waals surface area contributed by atoms with Gasteiger partial charge in [-0.05, 0) is 56.0 Å². The number of anilines is 2. The maximum absolute atomic E-state index is 12.6. The number of hydrogen-bond acceptors (Lipinski definition) is 6. The van der Waals surface area contributed by atoms with E-state index >= 15 is 0 Å². The van der Waals surface area contributed by atoms with E-state index in [0.29, 0.717) is 22.5 Å². The molecular formula is C20H24N2O5S2. The molecule has 0 saturated heterocycles. The summed E-state index contributed by atoms with van der Waals surface area (Å²) in [4.78, 5) is 25.5. The van der Waals surface area contributed by atoms with Gasteiger partial charge in [0.1, 0.15) is 6.54 Å². The Bertz CT molecular complexity index is 1010. The Morgan fingerprint density at radius 1 is 1.17 bits per heavy atom. The van der Waals surface area contributed by atoms with Crippen molar-refractivity contribution < 1.29 is 22.7 Å². The predicted octanol–water partition coefficient (Wildman–Crippen LogP) is 3.30. The highest BCUT2D eigenvalue weighted by atomic mass is 32.2. The SMILES string of the molecule is CCOC(=O)c1cccc(NC(=O)CN(c2cccc(SC)c2)S(C)(=O)=O)c1C.